The minimum Gasteiger partial charge on any atom is -0.384 e. The molecule has 4 heteroatoms. The van der Waals surface area contributed by atoms with Gasteiger partial charge in [-0.05, 0) is 31.1 Å². The van der Waals surface area contributed by atoms with Crippen molar-refractivity contribution in [3.05, 3.63) is 0 Å². The van der Waals surface area contributed by atoms with E-state index in [1.807, 2.05) is 0 Å². The van der Waals surface area contributed by atoms with E-state index >= 15 is 0 Å². The van der Waals surface area contributed by atoms with Crippen molar-refractivity contribution < 1.29 is 14.2 Å². The molecule has 0 amide bonds. The third-order valence-electron chi connectivity index (χ3n) is 4.33. The molecule has 2 fully saturated rings. The van der Waals surface area contributed by atoms with Gasteiger partial charge in [-0.3, -0.25) is 0 Å². The highest BCUT2D eigenvalue weighted by atomic mass is 16.6. The highest BCUT2D eigenvalue weighted by Gasteiger charge is 2.42. The molecule has 0 saturated carbocycles. The Hall–Kier alpha value is -0.160. The summed E-state index contributed by atoms with van der Waals surface area (Å²) in [5.74, 6) is 1.10. The first-order chi connectivity index (χ1) is 8.65. The van der Waals surface area contributed by atoms with E-state index in [0.29, 0.717) is 11.8 Å². The molecule has 4 atom stereocenters. The van der Waals surface area contributed by atoms with Gasteiger partial charge in [0.2, 0.25) is 0 Å². The molecule has 0 aromatic heterocycles. The molecule has 0 aromatic carbocycles. The molecule has 2 saturated heterocycles. The summed E-state index contributed by atoms with van der Waals surface area (Å²) < 4.78 is 16.6. The fourth-order valence-electron chi connectivity index (χ4n) is 3.30. The zero-order valence-corrected chi connectivity index (χ0v) is 11.7. The van der Waals surface area contributed by atoms with Crippen molar-refractivity contribution in [1.29, 1.82) is 0 Å². The first kappa shape index (κ1) is 14.3. The zero-order chi connectivity index (χ0) is 13.0. The second kappa shape index (κ2) is 6.33. The van der Waals surface area contributed by atoms with Crippen LogP contribution >= 0.6 is 0 Å². The summed E-state index contributed by atoms with van der Waals surface area (Å²) in [5.41, 5.74) is 6.36. The largest absolute Gasteiger partial charge is 0.384 e. The van der Waals surface area contributed by atoms with Gasteiger partial charge in [0.25, 0.3) is 0 Å². The van der Waals surface area contributed by atoms with Gasteiger partial charge in [0.1, 0.15) is 0 Å². The van der Waals surface area contributed by atoms with E-state index in [-0.39, 0.29) is 11.6 Å². The summed E-state index contributed by atoms with van der Waals surface area (Å²) in [7, 11) is 1.75. The van der Waals surface area contributed by atoms with Crippen molar-refractivity contribution in [2.24, 2.45) is 17.6 Å². The standard InChI is InChI=1S/C14H27NO3/c1-11(9-16-2)7-13(15)12-3-5-18-14(8-12)4-6-17-10-14/h11-13H,3-10,15H2,1-2H3. The van der Waals surface area contributed by atoms with Crippen LogP contribution in [-0.2, 0) is 14.2 Å². The van der Waals surface area contributed by atoms with Crippen LogP contribution in [0, 0.1) is 11.8 Å². The Morgan fingerprint density at radius 3 is 2.94 bits per heavy atom. The minimum atomic E-state index is -0.0228. The number of rotatable bonds is 5. The minimum absolute atomic E-state index is 0.0228. The van der Waals surface area contributed by atoms with Crippen molar-refractivity contribution >= 4 is 0 Å². The van der Waals surface area contributed by atoms with Crippen LogP contribution in [0.2, 0.25) is 0 Å². The smallest absolute Gasteiger partial charge is 0.0939 e. The van der Waals surface area contributed by atoms with Crippen LogP contribution in [0.15, 0.2) is 0 Å². The Morgan fingerprint density at radius 1 is 1.44 bits per heavy atom. The quantitative estimate of drug-likeness (QED) is 0.812. The van der Waals surface area contributed by atoms with Crippen molar-refractivity contribution in [1.82, 2.24) is 0 Å². The third kappa shape index (κ3) is 3.44. The molecule has 2 aliphatic rings. The molecule has 0 aliphatic carbocycles. The Labute approximate surface area is 110 Å². The number of hydrogen-bond donors (Lipinski definition) is 1. The van der Waals surface area contributed by atoms with Crippen molar-refractivity contribution in [3.8, 4) is 0 Å². The van der Waals surface area contributed by atoms with E-state index in [9.17, 15) is 0 Å². The molecule has 106 valence electrons. The van der Waals surface area contributed by atoms with Gasteiger partial charge in [-0.25, -0.2) is 0 Å². The lowest BCUT2D eigenvalue weighted by Gasteiger charge is -2.39. The van der Waals surface area contributed by atoms with Crippen molar-refractivity contribution in [2.45, 2.75) is 44.2 Å². The highest BCUT2D eigenvalue weighted by molar-refractivity contribution is 4.93. The summed E-state index contributed by atoms with van der Waals surface area (Å²) in [6.45, 7) is 5.43. The van der Waals surface area contributed by atoms with Crippen LogP contribution in [0.4, 0.5) is 0 Å². The number of ether oxygens (including phenoxy) is 3. The molecular formula is C14H27NO3. The fraction of sp³-hybridized carbons (Fsp3) is 1.00. The molecule has 4 unspecified atom stereocenters. The van der Waals surface area contributed by atoms with E-state index in [0.717, 1.165) is 52.1 Å². The van der Waals surface area contributed by atoms with E-state index in [2.05, 4.69) is 6.92 Å². The average molecular weight is 257 g/mol. The maximum atomic E-state index is 6.38. The van der Waals surface area contributed by atoms with Gasteiger partial charge in [0, 0.05) is 39.4 Å². The maximum Gasteiger partial charge on any atom is 0.0939 e. The van der Waals surface area contributed by atoms with Crippen molar-refractivity contribution in [2.75, 3.05) is 33.5 Å². The van der Waals surface area contributed by atoms with Crippen LogP contribution in [-0.4, -0.2) is 45.2 Å². The lowest BCUT2D eigenvalue weighted by atomic mass is 9.79. The van der Waals surface area contributed by atoms with Crippen molar-refractivity contribution in [3.63, 3.8) is 0 Å². The second-order valence-corrected chi connectivity index (χ2v) is 6.05. The Kier molecular flexibility index (Phi) is 5.01. The van der Waals surface area contributed by atoms with E-state index in [1.54, 1.807) is 7.11 Å². The lowest BCUT2D eigenvalue weighted by Crippen LogP contribution is -2.46. The summed E-state index contributed by atoms with van der Waals surface area (Å²) >= 11 is 0. The summed E-state index contributed by atoms with van der Waals surface area (Å²) in [5, 5.41) is 0. The van der Waals surface area contributed by atoms with Gasteiger partial charge in [-0.1, -0.05) is 6.92 Å². The molecular weight excluding hydrogens is 230 g/mol. The zero-order valence-electron chi connectivity index (χ0n) is 11.7. The normalized spacial score (nSPS) is 35.8. The van der Waals surface area contributed by atoms with E-state index in [4.69, 9.17) is 19.9 Å². The lowest BCUT2D eigenvalue weighted by molar-refractivity contribution is -0.102. The maximum absolute atomic E-state index is 6.38. The summed E-state index contributed by atoms with van der Waals surface area (Å²) in [6, 6.07) is 0.261. The Bertz CT molecular complexity index is 253. The third-order valence-corrected chi connectivity index (χ3v) is 4.33. The molecule has 2 heterocycles. The van der Waals surface area contributed by atoms with Gasteiger partial charge < -0.3 is 19.9 Å². The Morgan fingerprint density at radius 2 is 2.28 bits per heavy atom. The monoisotopic (exact) mass is 257 g/mol. The average Bonchev–Trinajstić information content (AvgIpc) is 2.77. The van der Waals surface area contributed by atoms with Gasteiger partial charge >= 0.3 is 0 Å². The molecule has 0 aromatic rings. The second-order valence-electron chi connectivity index (χ2n) is 6.05. The van der Waals surface area contributed by atoms with Gasteiger partial charge in [-0.15, -0.1) is 0 Å². The van der Waals surface area contributed by atoms with E-state index < -0.39 is 0 Å². The van der Waals surface area contributed by atoms with Crippen LogP contribution in [0.3, 0.4) is 0 Å². The molecule has 1 spiro atoms. The SMILES string of the molecule is COCC(C)CC(N)C1CCOC2(CCOC2)C1. The fourth-order valence-corrected chi connectivity index (χ4v) is 3.30. The van der Waals surface area contributed by atoms with Crippen LogP contribution in [0.1, 0.15) is 32.6 Å². The van der Waals surface area contributed by atoms with E-state index in [1.165, 1.54) is 0 Å². The molecule has 0 radical (unpaired) electrons. The summed E-state index contributed by atoms with van der Waals surface area (Å²) in [6.07, 6.45) is 4.22. The van der Waals surface area contributed by atoms with Crippen LogP contribution in [0.25, 0.3) is 0 Å². The van der Waals surface area contributed by atoms with Gasteiger partial charge in [0.15, 0.2) is 0 Å². The molecule has 2 N–H and O–H groups in total. The van der Waals surface area contributed by atoms with Crippen LogP contribution in [0.5, 0.6) is 0 Å². The Balaban J connectivity index is 1.84. The topological polar surface area (TPSA) is 53.7 Å². The summed E-state index contributed by atoms with van der Waals surface area (Å²) in [4.78, 5) is 0. The number of methoxy groups -OCH3 is 1. The first-order valence-corrected chi connectivity index (χ1v) is 7.11. The predicted octanol–water partition coefficient (Wildman–Crippen LogP) is 1.57. The molecule has 0 bridgehead atoms. The number of hydrogen-bond acceptors (Lipinski definition) is 4. The molecule has 4 nitrogen and oxygen atoms in total. The van der Waals surface area contributed by atoms with Gasteiger partial charge in [-0.2, -0.15) is 0 Å². The molecule has 18 heavy (non-hydrogen) atoms. The predicted molar refractivity (Wildman–Crippen MR) is 70.5 cm³/mol. The highest BCUT2D eigenvalue weighted by Crippen LogP contribution is 2.37. The molecule has 2 aliphatic heterocycles. The molecule has 2 rings (SSSR count). The van der Waals surface area contributed by atoms with Crippen LogP contribution < -0.4 is 5.73 Å². The van der Waals surface area contributed by atoms with Gasteiger partial charge in [0.05, 0.1) is 12.2 Å². The number of nitrogens with two attached hydrogens (primary N) is 1. The first-order valence-electron chi connectivity index (χ1n) is 7.11.